The molecule has 268 valence electrons. The maximum Gasteiger partial charge on any atom is 0.407 e. The van der Waals surface area contributed by atoms with Gasteiger partial charge in [-0.3, -0.25) is 9.59 Å². The van der Waals surface area contributed by atoms with Crippen LogP contribution in [0.1, 0.15) is 90.7 Å². The zero-order valence-electron chi connectivity index (χ0n) is 29.6. The number of nitrogens with zero attached hydrogens (tertiary/aromatic N) is 1. The SMILES string of the molecule is CC(C)CCNC(=O)OCC1c2cc(NC(=O)CCO)ccc2-c2ccc(NC(=O)CCOC(C)(C)CCOC(C)(C)CCN=C=O)cc21. The Hall–Kier alpha value is -4.09. The summed E-state index contributed by atoms with van der Waals surface area (Å²) in [7, 11) is 0. The molecule has 0 fully saturated rings. The van der Waals surface area contributed by atoms with E-state index in [-0.39, 0.29) is 50.4 Å². The van der Waals surface area contributed by atoms with Crippen molar-refractivity contribution < 1.29 is 38.5 Å². The van der Waals surface area contributed by atoms with Crippen molar-refractivity contribution in [3.8, 4) is 11.1 Å². The standard InChI is InChI=1S/C37H52N4O8/c1-25(2)11-16-39-35(46)47-23-32-30-21-26(40-33(44)12-18-42)7-9-28(30)29-10-8-27(22-31(29)32)41-34(45)13-19-48-37(5,6)15-20-49-36(3,4)14-17-38-24-43/h7-10,21-22,25,32,42H,11-20,23H2,1-6H3,(H,39,46)(H,40,44)(H,41,45). The van der Waals surface area contributed by atoms with Crippen LogP contribution in [0, 0.1) is 5.92 Å². The van der Waals surface area contributed by atoms with E-state index in [1.165, 1.54) is 0 Å². The third-order valence-corrected chi connectivity index (χ3v) is 8.33. The minimum absolute atomic E-state index is 0.0146. The molecular formula is C37H52N4O8. The van der Waals surface area contributed by atoms with E-state index in [4.69, 9.17) is 19.3 Å². The number of hydrogen-bond donors (Lipinski definition) is 4. The van der Waals surface area contributed by atoms with Gasteiger partial charge in [-0.05, 0) is 99.4 Å². The molecule has 0 radical (unpaired) electrons. The topological polar surface area (TPSA) is 165 Å². The summed E-state index contributed by atoms with van der Waals surface area (Å²) < 4.78 is 17.6. The second-order valence-corrected chi connectivity index (χ2v) is 13.9. The molecule has 12 nitrogen and oxygen atoms in total. The van der Waals surface area contributed by atoms with E-state index in [9.17, 15) is 19.2 Å². The van der Waals surface area contributed by atoms with Crippen LogP contribution >= 0.6 is 0 Å². The molecule has 0 bridgehead atoms. The number of aliphatic imine (C=N–C) groups is 1. The normalized spacial score (nSPS) is 13.7. The van der Waals surface area contributed by atoms with Gasteiger partial charge in [0.05, 0.1) is 50.4 Å². The number of carbonyl (C=O) groups is 3. The molecular weight excluding hydrogens is 628 g/mol. The smallest absolute Gasteiger partial charge is 0.407 e. The molecule has 0 saturated heterocycles. The largest absolute Gasteiger partial charge is 0.449 e. The van der Waals surface area contributed by atoms with Gasteiger partial charge in [0, 0.05) is 23.8 Å². The quantitative estimate of drug-likeness (QED) is 0.0988. The first kappa shape index (κ1) is 39.3. The lowest BCUT2D eigenvalue weighted by atomic mass is 9.97. The van der Waals surface area contributed by atoms with Crippen molar-refractivity contribution in [3.05, 3.63) is 47.5 Å². The van der Waals surface area contributed by atoms with Crippen LogP contribution in [0.3, 0.4) is 0 Å². The average Bonchev–Trinajstić information content (AvgIpc) is 3.31. The summed E-state index contributed by atoms with van der Waals surface area (Å²) in [5, 5.41) is 17.7. The summed E-state index contributed by atoms with van der Waals surface area (Å²) in [5.74, 6) is -0.394. The van der Waals surface area contributed by atoms with Crippen LogP contribution in [-0.4, -0.2) is 79.8 Å². The van der Waals surface area contributed by atoms with E-state index in [1.54, 1.807) is 12.1 Å². The van der Waals surface area contributed by atoms with Gasteiger partial charge in [0.2, 0.25) is 17.9 Å². The van der Waals surface area contributed by atoms with Crippen molar-refractivity contribution in [2.24, 2.45) is 10.9 Å². The monoisotopic (exact) mass is 680 g/mol. The van der Waals surface area contributed by atoms with E-state index >= 15 is 0 Å². The van der Waals surface area contributed by atoms with Crippen LogP contribution < -0.4 is 16.0 Å². The van der Waals surface area contributed by atoms with E-state index in [1.807, 2.05) is 58.0 Å². The number of aliphatic hydroxyl groups excluding tert-OH is 1. The van der Waals surface area contributed by atoms with Gasteiger partial charge in [-0.1, -0.05) is 26.0 Å². The minimum Gasteiger partial charge on any atom is -0.449 e. The third-order valence-electron chi connectivity index (χ3n) is 8.33. The van der Waals surface area contributed by atoms with E-state index in [2.05, 4.69) is 34.8 Å². The first-order valence-electron chi connectivity index (χ1n) is 16.9. The van der Waals surface area contributed by atoms with Crippen molar-refractivity contribution in [2.75, 3.05) is 50.2 Å². The van der Waals surface area contributed by atoms with Gasteiger partial charge in [0.1, 0.15) is 6.61 Å². The summed E-state index contributed by atoms with van der Waals surface area (Å²) in [6, 6.07) is 11.2. The number of isocyanates is 1. The van der Waals surface area contributed by atoms with Gasteiger partial charge in [0.15, 0.2) is 0 Å². The van der Waals surface area contributed by atoms with Gasteiger partial charge in [0.25, 0.3) is 0 Å². The van der Waals surface area contributed by atoms with Crippen LogP contribution in [0.2, 0.25) is 0 Å². The molecule has 3 amide bonds. The van der Waals surface area contributed by atoms with Crippen molar-refractivity contribution in [1.29, 1.82) is 0 Å². The summed E-state index contributed by atoms with van der Waals surface area (Å²) >= 11 is 0. The van der Waals surface area contributed by atoms with E-state index < -0.39 is 17.3 Å². The first-order valence-corrected chi connectivity index (χ1v) is 16.9. The van der Waals surface area contributed by atoms with Crippen LogP contribution in [0.5, 0.6) is 0 Å². The first-order chi connectivity index (χ1) is 23.2. The molecule has 12 heteroatoms. The van der Waals surface area contributed by atoms with Gasteiger partial charge in [-0.2, -0.15) is 0 Å². The summed E-state index contributed by atoms with van der Waals surface area (Å²) in [6.45, 7) is 13.3. The summed E-state index contributed by atoms with van der Waals surface area (Å²) in [5.41, 5.74) is 3.90. The third kappa shape index (κ3) is 13.0. The molecule has 1 unspecified atom stereocenters. The van der Waals surface area contributed by atoms with Crippen molar-refractivity contribution in [1.82, 2.24) is 5.32 Å². The molecule has 0 spiro atoms. The number of aliphatic hydroxyl groups is 1. The fourth-order valence-electron chi connectivity index (χ4n) is 5.42. The van der Waals surface area contributed by atoms with Crippen molar-refractivity contribution >= 4 is 35.4 Å². The second kappa shape index (κ2) is 18.6. The molecule has 0 heterocycles. The highest BCUT2D eigenvalue weighted by Gasteiger charge is 2.31. The Balaban J connectivity index is 1.63. The van der Waals surface area contributed by atoms with Crippen LogP contribution in [0.25, 0.3) is 11.1 Å². The Bertz CT molecular complexity index is 1480. The van der Waals surface area contributed by atoms with Crippen LogP contribution in [-0.2, 0) is 28.6 Å². The number of nitrogens with one attached hydrogen (secondary N) is 3. The average molecular weight is 681 g/mol. The molecule has 0 saturated carbocycles. The Kier molecular flexibility index (Phi) is 14.9. The number of hydrogen-bond acceptors (Lipinski definition) is 9. The molecule has 1 aliphatic rings. The maximum absolute atomic E-state index is 12.9. The predicted molar refractivity (Wildman–Crippen MR) is 188 cm³/mol. The number of fused-ring (bicyclic) bond motifs is 3. The van der Waals surface area contributed by atoms with Gasteiger partial charge >= 0.3 is 6.09 Å². The number of alkyl carbamates (subject to hydrolysis) is 1. The minimum atomic E-state index is -0.513. The maximum atomic E-state index is 12.9. The van der Waals surface area contributed by atoms with Gasteiger partial charge < -0.3 is 35.3 Å². The molecule has 4 N–H and O–H groups in total. The van der Waals surface area contributed by atoms with Gasteiger partial charge in [-0.25, -0.2) is 14.6 Å². The zero-order valence-corrected chi connectivity index (χ0v) is 29.6. The summed E-state index contributed by atoms with van der Waals surface area (Å²) in [6.07, 6.45) is 3.23. The lowest BCUT2D eigenvalue weighted by Gasteiger charge is -2.29. The lowest BCUT2D eigenvalue weighted by molar-refractivity contribution is -0.119. The number of rotatable bonds is 20. The van der Waals surface area contributed by atoms with Crippen LogP contribution in [0.15, 0.2) is 41.4 Å². The Morgan fingerprint density at radius 2 is 1.45 bits per heavy atom. The Morgan fingerprint density at radius 1 is 0.878 bits per heavy atom. The highest BCUT2D eigenvalue weighted by atomic mass is 16.5. The zero-order chi connectivity index (χ0) is 36.0. The van der Waals surface area contributed by atoms with Crippen molar-refractivity contribution in [2.45, 2.75) is 90.8 Å². The number of carbonyl (C=O) groups excluding carboxylic acids is 4. The molecule has 2 aromatic rings. The molecule has 1 aliphatic carbocycles. The van der Waals surface area contributed by atoms with Crippen LogP contribution in [0.4, 0.5) is 16.2 Å². The summed E-state index contributed by atoms with van der Waals surface area (Å²) in [4.78, 5) is 51.5. The number of anilines is 2. The molecule has 2 aromatic carbocycles. The fourth-order valence-corrected chi connectivity index (χ4v) is 5.42. The number of amides is 3. The van der Waals surface area contributed by atoms with E-state index in [0.29, 0.717) is 49.8 Å². The molecule has 0 aliphatic heterocycles. The molecule has 1 atom stereocenters. The molecule has 49 heavy (non-hydrogen) atoms. The number of benzene rings is 2. The Labute approximate surface area is 289 Å². The van der Waals surface area contributed by atoms with Crippen molar-refractivity contribution in [3.63, 3.8) is 0 Å². The highest BCUT2D eigenvalue weighted by molar-refractivity contribution is 5.94. The van der Waals surface area contributed by atoms with E-state index in [0.717, 1.165) is 28.7 Å². The molecule has 0 aromatic heterocycles. The highest BCUT2D eigenvalue weighted by Crippen LogP contribution is 2.47. The number of ether oxygens (including phenoxy) is 3. The fraction of sp³-hybridized carbons (Fsp3) is 0.568. The predicted octanol–water partition coefficient (Wildman–Crippen LogP) is 5.93. The van der Waals surface area contributed by atoms with Gasteiger partial charge in [-0.15, -0.1) is 0 Å². The second-order valence-electron chi connectivity index (χ2n) is 13.9. The Morgan fingerprint density at radius 3 is 2.02 bits per heavy atom. The lowest BCUT2D eigenvalue weighted by Crippen LogP contribution is -2.32. The molecule has 3 rings (SSSR count).